The van der Waals surface area contributed by atoms with Gasteiger partial charge in [-0.3, -0.25) is 4.57 Å². The molecule has 1 aliphatic rings. The fourth-order valence-corrected chi connectivity index (χ4v) is 4.32. The molecule has 0 spiro atoms. The van der Waals surface area contributed by atoms with Crippen LogP contribution in [0.1, 0.15) is 54.7 Å². The summed E-state index contributed by atoms with van der Waals surface area (Å²) in [5, 5.41) is 0. The van der Waals surface area contributed by atoms with E-state index in [-0.39, 0.29) is 30.1 Å². The van der Waals surface area contributed by atoms with Crippen molar-refractivity contribution < 1.29 is 14.3 Å². The highest BCUT2D eigenvalue weighted by molar-refractivity contribution is 5.94. The summed E-state index contributed by atoms with van der Waals surface area (Å²) in [6, 6.07) is 19.2. The molecule has 0 radical (unpaired) electrons. The predicted molar refractivity (Wildman–Crippen MR) is 119 cm³/mol. The molecule has 2 aromatic carbocycles. The van der Waals surface area contributed by atoms with Gasteiger partial charge in [0.05, 0.1) is 31.1 Å². The van der Waals surface area contributed by atoms with Crippen LogP contribution >= 0.6 is 0 Å². The van der Waals surface area contributed by atoms with Crippen molar-refractivity contribution in [1.29, 1.82) is 0 Å². The molecule has 1 N–H and O–H groups in total. The maximum Gasteiger partial charge on any atom is 0.357 e. The number of nitrogens with zero attached hydrogens (tertiary/aromatic N) is 1. The number of nitrogens with one attached hydrogen (secondary N) is 1. The number of ether oxygens (including phenoxy) is 2. The van der Waals surface area contributed by atoms with Crippen molar-refractivity contribution in [2.75, 3.05) is 6.61 Å². The largest absolute Gasteiger partial charge is 0.461 e. The summed E-state index contributed by atoms with van der Waals surface area (Å²) in [6.45, 7) is 2.48. The lowest BCUT2D eigenvalue weighted by molar-refractivity contribution is -0.0181. The van der Waals surface area contributed by atoms with Gasteiger partial charge in [0, 0.05) is 5.56 Å². The summed E-state index contributed by atoms with van der Waals surface area (Å²) >= 11 is 0. The van der Waals surface area contributed by atoms with Crippen molar-refractivity contribution in [2.45, 2.75) is 51.4 Å². The van der Waals surface area contributed by atoms with Crippen LogP contribution in [0.3, 0.4) is 0 Å². The number of hydrogen-bond acceptors (Lipinski definition) is 4. The molecule has 1 fully saturated rings. The average molecular weight is 421 g/mol. The smallest absolute Gasteiger partial charge is 0.357 e. The fourth-order valence-electron chi connectivity index (χ4n) is 4.32. The highest BCUT2D eigenvalue weighted by atomic mass is 16.5. The summed E-state index contributed by atoms with van der Waals surface area (Å²) in [4.78, 5) is 29.0. The third-order valence-electron chi connectivity index (χ3n) is 5.77. The SMILES string of the molecule is CCOC(=O)c1c(-c2ccccc2)[nH]c(=O)n1[C@@H]1CCCC[C@H]1OCc1ccccc1. The van der Waals surface area contributed by atoms with E-state index in [1.807, 2.05) is 60.7 Å². The minimum Gasteiger partial charge on any atom is -0.461 e. The third-order valence-corrected chi connectivity index (χ3v) is 5.77. The Hall–Kier alpha value is -3.12. The molecule has 1 aromatic heterocycles. The number of hydrogen-bond donors (Lipinski definition) is 1. The molecule has 0 aliphatic heterocycles. The maximum absolute atomic E-state index is 13.1. The fraction of sp³-hybridized carbons (Fsp3) is 0.360. The molecule has 1 heterocycles. The molecule has 1 aliphatic carbocycles. The number of aromatic nitrogens is 2. The van der Waals surface area contributed by atoms with E-state index >= 15 is 0 Å². The molecule has 1 saturated carbocycles. The van der Waals surface area contributed by atoms with Gasteiger partial charge in [-0.2, -0.15) is 0 Å². The monoisotopic (exact) mass is 420 g/mol. The van der Waals surface area contributed by atoms with Gasteiger partial charge in [0.25, 0.3) is 0 Å². The average Bonchev–Trinajstić information content (AvgIpc) is 3.16. The lowest BCUT2D eigenvalue weighted by Crippen LogP contribution is -2.37. The topological polar surface area (TPSA) is 73.3 Å². The van der Waals surface area contributed by atoms with Crippen LogP contribution < -0.4 is 5.69 Å². The van der Waals surface area contributed by atoms with Gasteiger partial charge in [0.2, 0.25) is 0 Å². The Kier molecular flexibility index (Phi) is 6.67. The molecule has 0 saturated heterocycles. The van der Waals surface area contributed by atoms with Gasteiger partial charge in [-0.1, -0.05) is 73.5 Å². The van der Waals surface area contributed by atoms with Crippen LogP contribution in [0.25, 0.3) is 11.3 Å². The molecule has 3 aromatic rings. The highest BCUT2D eigenvalue weighted by Gasteiger charge is 2.34. The second-order valence-corrected chi connectivity index (χ2v) is 7.80. The normalized spacial score (nSPS) is 18.6. The van der Waals surface area contributed by atoms with Gasteiger partial charge in [-0.25, -0.2) is 9.59 Å². The summed E-state index contributed by atoms with van der Waals surface area (Å²) in [6.07, 6.45) is 3.49. The second kappa shape index (κ2) is 9.79. The number of aromatic amines is 1. The standard InChI is InChI=1S/C25H28N2O4/c1-2-30-24(28)23-22(19-13-7-4-8-14-19)26-25(29)27(23)20-15-9-10-16-21(20)31-17-18-11-5-3-6-12-18/h3-8,11-14,20-21H,2,9-10,15-17H2,1H3,(H,26,29)/t20-,21-/m1/s1. The number of carbonyl (C=O) groups is 1. The Balaban J connectivity index is 1.71. The van der Waals surface area contributed by atoms with Crippen LogP contribution in [-0.2, 0) is 16.1 Å². The van der Waals surface area contributed by atoms with Gasteiger partial charge in [0.15, 0.2) is 5.69 Å². The zero-order valence-electron chi connectivity index (χ0n) is 17.8. The minimum atomic E-state index is -0.493. The molecule has 4 rings (SSSR count). The molecule has 162 valence electrons. The van der Waals surface area contributed by atoms with Crippen LogP contribution in [-0.4, -0.2) is 28.2 Å². The summed E-state index contributed by atoms with van der Waals surface area (Å²) in [5.41, 5.74) is 2.33. The van der Waals surface area contributed by atoms with E-state index in [9.17, 15) is 9.59 Å². The first-order valence-corrected chi connectivity index (χ1v) is 10.9. The van der Waals surface area contributed by atoms with E-state index in [4.69, 9.17) is 9.47 Å². The summed E-state index contributed by atoms with van der Waals surface area (Å²) < 4.78 is 13.2. The van der Waals surface area contributed by atoms with Gasteiger partial charge in [-0.15, -0.1) is 0 Å². The molecular formula is C25H28N2O4. The molecule has 6 heteroatoms. The van der Waals surface area contributed by atoms with E-state index in [1.165, 1.54) is 0 Å². The van der Waals surface area contributed by atoms with Gasteiger partial charge in [0.1, 0.15) is 0 Å². The van der Waals surface area contributed by atoms with E-state index < -0.39 is 5.97 Å². The summed E-state index contributed by atoms with van der Waals surface area (Å²) in [5.74, 6) is -0.493. The van der Waals surface area contributed by atoms with E-state index in [0.29, 0.717) is 12.3 Å². The molecule has 2 atom stereocenters. The molecule has 0 bridgehead atoms. The Morgan fingerprint density at radius 1 is 1.03 bits per heavy atom. The second-order valence-electron chi connectivity index (χ2n) is 7.80. The van der Waals surface area contributed by atoms with Gasteiger partial charge in [-0.05, 0) is 25.3 Å². The summed E-state index contributed by atoms with van der Waals surface area (Å²) in [7, 11) is 0. The third kappa shape index (κ3) is 4.64. The Labute approximate surface area is 181 Å². The van der Waals surface area contributed by atoms with Crippen LogP contribution in [0.4, 0.5) is 0 Å². The molecule has 6 nitrogen and oxygen atoms in total. The Bertz CT molecular complexity index is 1060. The van der Waals surface area contributed by atoms with Crippen molar-refractivity contribution >= 4 is 5.97 Å². The maximum atomic E-state index is 13.1. The number of H-pyrrole nitrogens is 1. The lowest BCUT2D eigenvalue weighted by Gasteiger charge is -2.32. The molecular weight excluding hydrogens is 392 g/mol. The van der Waals surface area contributed by atoms with Crippen molar-refractivity contribution in [1.82, 2.24) is 9.55 Å². The van der Waals surface area contributed by atoms with Gasteiger partial charge < -0.3 is 14.5 Å². The van der Waals surface area contributed by atoms with E-state index in [0.717, 1.165) is 36.8 Å². The first-order valence-electron chi connectivity index (χ1n) is 10.9. The number of benzene rings is 2. The Morgan fingerprint density at radius 2 is 1.71 bits per heavy atom. The first kappa shape index (κ1) is 21.1. The molecule has 0 amide bonds. The van der Waals surface area contributed by atoms with Crippen LogP contribution in [0.2, 0.25) is 0 Å². The predicted octanol–water partition coefficient (Wildman–Crippen LogP) is 4.72. The van der Waals surface area contributed by atoms with Crippen molar-refractivity contribution in [3.63, 3.8) is 0 Å². The van der Waals surface area contributed by atoms with Crippen molar-refractivity contribution in [2.24, 2.45) is 0 Å². The number of rotatable bonds is 7. The van der Waals surface area contributed by atoms with E-state index in [1.54, 1.807) is 11.5 Å². The zero-order valence-corrected chi connectivity index (χ0v) is 17.8. The number of carbonyl (C=O) groups excluding carboxylic acids is 1. The lowest BCUT2D eigenvalue weighted by atomic mass is 9.91. The van der Waals surface area contributed by atoms with Crippen LogP contribution in [0.5, 0.6) is 0 Å². The molecule has 0 unspecified atom stereocenters. The minimum absolute atomic E-state index is 0.153. The zero-order chi connectivity index (χ0) is 21.6. The van der Waals surface area contributed by atoms with Crippen LogP contribution in [0.15, 0.2) is 65.5 Å². The van der Waals surface area contributed by atoms with Crippen LogP contribution in [0, 0.1) is 0 Å². The van der Waals surface area contributed by atoms with Gasteiger partial charge >= 0.3 is 11.7 Å². The number of imidazole rings is 1. The quantitative estimate of drug-likeness (QED) is 0.561. The first-order chi connectivity index (χ1) is 15.2. The van der Waals surface area contributed by atoms with Crippen molar-refractivity contribution in [3.8, 4) is 11.3 Å². The van der Waals surface area contributed by atoms with E-state index in [2.05, 4.69) is 4.98 Å². The number of esters is 1. The highest BCUT2D eigenvalue weighted by Crippen LogP contribution is 2.34. The van der Waals surface area contributed by atoms with Crippen molar-refractivity contribution in [3.05, 3.63) is 82.4 Å². The Morgan fingerprint density at radius 3 is 2.42 bits per heavy atom. The molecule has 31 heavy (non-hydrogen) atoms.